The van der Waals surface area contributed by atoms with Crippen LogP contribution < -0.4 is 11.1 Å². The van der Waals surface area contributed by atoms with Gasteiger partial charge in [0.05, 0.1) is 18.7 Å². The Morgan fingerprint density at radius 2 is 1.94 bits per heavy atom. The molecule has 0 saturated carbocycles. The molecule has 4 nitrogen and oxygen atoms in total. The van der Waals surface area contributed by atoms with Crippen LogP contribution in [0.1, 0.15) is 25.5 Å². The molecule has 0 aliphatic rings. The monoisotopic (exact) mass is 250 g/mol. The lowest BCUT2D eigenvalue weighted by molar-refractivity contribution is -0.124. The first-order valence-corrected chi connectivity index (χ1v) is 6.16. The maximum Gasteiger partial charge on any atom is 0.237 e. The molecule has 1 aromatic rings. The molecule has 0 aromatic heterocycles. The number of amides is 1. The molecule has 3 N–H and O–H groups in total. The van der Waals surface area contributed by atoms with Gasteiger partial charge in [0.25, 0.3) is 0 Å². The van der Waals surface area contributed by atoms with Crippen LogP contribution in [0.5, 0.6) is 0 Å². The summed E-state index contributed by atoms with van der Waals surface area (Å²) in [4.78, 5) is 12.0. The number of methoxy groups -OCH3 is 1. The van der Waals surface area contributed by atoms with E-state index in [-0.39, 0.29) is 17.9 Å². The van der Waals surface area contributed by atoms with Gasteiger partial charge < -0.3 is 15.8 Å². The zero-order valence-electron chi connectivity index (χ0n) is 11.2. The van der Waals surface area contributed by atoms with Gasteiger partial charge in [0, 0.05) is 7.11 Å². The van der Waals surface area contributed by atoms with Crippen LogP contribution >= 0.6 is 0 Å². The van der Waals surface area contributed by atoms with E-state index in [1.807, 2.05) is 44.2 Å². The number of carbonyl (C=O) groups is 1. The smallest absolute Gasteiger partial charge is 0.237 e. The van der Waals surface area contributed by atoms with E-state index in [2.05, 4.69) is 5.32 Å². The number of benzene rings is 1. The molecule has 0 aliphatic heterocycles. The number of hydrogen-bond acceptors (Lipinski definition) is 3. The largest absolute Gasteiger partial charge is 0.382 e. The summed E-state index contributed by atoms with van der Waals surface area (Å²) in [5, 5.41) is 2.93. The third kappa shape index (κ3) is 4.13. The van der Waals surface area contributed by atoms with Crippen LogP contribution in [0.15, 0.2) is 30.3 Å². The van der Waals surface area contributed by atoms with Crippen molar-refractivity contribution in [2.45, 2.75) is 25.9 Å². The minimum Gasteiger partial charge on any atom is -0.382 e. The van der Waals surface area contributed by atoms with E-state index in [1.54, 1.807) is 7.11 Å². The zero-order chi connectivity index (χ0) is 13.5. The number of ether oxygens (including phenoxy) is 1. The molecule has 0 radical (unpaired) electrons. The second kappa shape index (κ2) is 7.13. The summed E-state index contributed by atoms with van der Waals surface area (Å²) in [6.45, 7) is 4.29. The van der Waals surface area contributed by atoms with Gasteiger partial charge >= 0.3 is 0 Å². The molecule has 0 heterocycles. The molecule has 1 rings (SSSR count). The molecule has 4 heteroatoms. The highest BCUT2D eigenvalue weighted by Gasteiger charge is 2.21. The summed E-state index contributed by atoms with van der Waals surface area (Å²) in [5.74, 6) is -0.0279. The SMILES string of the molecule is COC[C@@H](NC(=O)[C@@H](N)C(C)C)c1ccccc1. The van der Waals surface area contributed by atoms with Gasteiger partial charge in [-0.1, -0.05) is 44.2 Å². The average molecular weight is 250 g/mol. The Hall–Kier alpha value is -1.39. The van der Waals surface area contributed by atoms with Crippen LogP contribution in [-0.2, 0) is 9.53 Å². The predicted octanol–water partition coefficient (Wildman–Crippen LogP) is 1.47. The van der Waals surface area contributed by atoms with Crippen LogP contribution in [0, 0.1) is 5.92 Å². The highest BCUT2D eigenvalue weighted by Crippen LogP contribution is 2.13. The lowest BCUT2D eigenvalue weighted by Gasteiger charge is -2.22. The van der Waals surface area contributed by atoms with Gasteiger partial charge in [-0.05, 0) is 11.5 Å². The lowest BCUT2D eigenvalue weighted by Crippen LogP contribution is -2.46. The van der Waals surface area contributed by atoms with Crippen molar-refractivity contribution in [2.75, 3.05) is 13.7 Å². The van der Waals surface area contributed by atoms with E-state index < -0.39 is 6.04 Å². The topological polar surface area (TPSA) is 64.3 Å². The molecule has 100 valence electrons. The average Bonchev–Trinajstić information content (AvgIpc) is 2.38. The Balaban J connectivity index is 2.72. The fourth-order valence-electron chi connectivity index (χ4n) is 1.64. The number of nitrogens with two attached hydrogens (primary N) is 1. The first-order valence-electron chi connectivity index (χ1n) is 6.16. The maximum atomic E-state index is 12.0. The molecule has 0 aliphatic carbocycles. The van der Waals surface area contributed by atoms with E-state index in [4.69, 9.17) is 10.5 Å². The predicted molar refractivity (Wildman–Crippen MR) is 72.0 cm³/mol. The van der Waals surface area contributed by atoms with Crippen LogP contribution in [0.2, 0.25) is 0 Å². The summed E-state index contributed by atoms with van der Waals surface area (Å²) >= 11 is 0. The van der Waals surface area contributed by atoms with Gasteiger partial charge in [-0.2, -0.15) is 0 Å². The summed E-state index contributed by atoms with van der Waals surface area (Å²) in [6, 6.07) is 9.09. The molecule has 0 unspecified atom stereocenters. The molecular weight excluding hydrogens is 228 g/mol. The molecule has 1 aromatic carbocycles. The van der Waals surface area contributed by atoms with Crippen molar-refractivity contribution in [1.29, 1.82) is 0 Å². The molecule has 0 bridgehead atoms. The van der Waals surface area contributed by atoms with Gasteiger partial charge in [-0.15, -0.1) is 0 Å². The quantitative estimate of drug-likeness (QED) is 0.803. The van der Waals surface area contributed by atoms with Crippen molar-refractivity contribution in [1.82, 2.24) is 5.32 Å². The van der Waals surface area contributed by atoms with E-state index >= 15 is 0 Å². The van der Waals surface area contributed by atoms with Crippen LogP contribution in [-0.4, -0.2) is 25.7 Å². The number of hydrogen-bond donors (Lipinski definition) is 2. The molecule has 1 amide bonds. The van der Waals surface area contributed by atoms with E-state index in [9.17, 15) is 4.79 Å². The van der Waals surface area contributed by atoms with E-state index in [1.165, 1.54) is 0 Å². The Morgan fingerprint density at radius 3 is 2.44 bits per heavy atom. The number of nitrogens with one attached hydrogen (secondary N) is 1. The molecule has 2 atom stereocenters. The minimum atomic E-state index is -0.493. The van der Waals surface area contributed by atoms with Crippen LogP contribution in [0.3, 0.4) is 0 Å². The van der Waals surface area contributed by atoms with Crippen molar-refractivity contribution >= 4 is 5.91 Å². The minimum absolute atomic E-state index is 0.115. The van der Waals surface area contributed by atoms with Crippen molar-refractivity contribution in [3.05, 3.63) is 35.9 Å². The molecule has 0 saturated heterocycles. The fourth-order valence-corrected chi connectivity index (χ4v) is 1.64. The lowest BCUT2D eigenvalue weighted by atomic mass is 10.0. The Labute approximate surface area is 109 Å². The third-order valence-corrected chi connectivity index (χ3v) is 2.87. The third-order valence-electron chi connectivity index (χ3n) is 2.87. The highest BCUT2D eigenvalue weighted by molar-refractivity contribution is 5.82. The van der Waals surface area contributed by atoms with Crippen molar-refractivity contribution in [2.24, 2.45) is 11.7 Å². The zero-order valence-corrected chi connectivity index (χ0v) is 11.2. The second-order valence-corrected chi connectivity index (χ2v) is 4.70. The van der Waals surface area contributed by atoms with Crippen molar-refractivity contribution < 1.29 is 9.53 Å². The van der Waals surface area contributed by atoms with Crippen LogP contribution in [0.4, 0.5) is 0 Å². The summed E-state index contributed by atoms with van der Waals surface area (Å²) in [7, 11) is 1.62. The normalized spacial score (nSPS) is 14.3. The highest BCUT2D eigenvalue weighted by atomic mass is 16.5. The molecule has 18 heavy (non-hydrogen) atoms. The fraction of sp³-hybridized carbons (Fsp3) is 0.500. The first-order chi connectivity index (χ1) is 8.56. The summed E-state index contributed by atoms with van der Waals surface area (Å²) < 4.78 is 5.14. The molecule has 0 fully saturated rings. The number of carbonyl (C=O) groups excluding carboxylic acids is 1. The standard InChI is InChI=1S/C14H22N2O2/c1-10(2)13(15)14(17)16-12(9-18-3)11-7-5-4-6-8-11/h4-8,10,12-13H,9,15H2,1-3H3,(H,16,17)/t12-,13+/m1/s1. The van der Waals surface area contributed by atoms with Gasteiger partial charge in [-0.25, -0.2) is 0 Å². The summed E-state index contributed by atoms with van der Waals surface area (Å²) in [5.41, 5.74) is 6.85. The molecule has 0 spiro atoms. The second-order valence-electron chi connectivity index (χ2n) is 4.70. The van der Waals surface area contributed by atoms with Gasteiger partial charge in [0.2, 0.25) is 5.91 Å². The van der Waals surface area contributed by atoms with E-state index in [0.29, 0.717) is 6.61 Å². The Kier molecular flexibility index (Phi) is 5.82. The first kappa shape index (κ1) is 14.7. The summed E-state index contributed by atoms with van der Waals surface area (Å²) in [6.07, 6.45) is 0. The van der Waals surface area contributed by atoms with Gasteiger partial charge in [0.1, 0.15) is 0 Å². The van der Waals surface area contributed by atoms with Crippen molar-refractivity contribution in [3.63, 3.8) is 0 Å². The van der Waals surface area contributed by atoms with E-state index in [0.717, 1.165) is 5.56 Å². The number of rotatable bonds is 6. The van der Waals surface area contributed by atoms with Crippen molar-refractivity contribution in [3.8, 4) is 0 Å². The molecular formula is C14H22N2O2. The Bertz CT molecular complexity index is 365. The van der Waals surface area contributed by atoms with Crippen LogP contribution in [0.25, 0.3) is 0 Å². The van der Waals surface area contributed by atoms with Gasteiger partial charge in [0.15, 0.2) is 0 Å². The van der Waals surface area contributed by atoms with Gasteiger partial charge in [-0.3, -0.25) is 4.79 Å². The Morgan fingerprint density at radius 1 is 1.33 bits per heavy atom. The maximum absolute atomic E-state index is 12.0.